The SMILES string of the molecule is N[C@H](COc1nnc(-c2ccc3cnccc3c2)s1)Cc1ccc(C(F)(F)F)cc1. The fourth-order valence-corrected chi connectivity index (χ4v) is 3.67. The lowest BCUT2D eigenvalue weighted by Gasteiger charge is -2.12. The van der Waals surface area contributed by atoms with Crippen molar-refractivity contribution in [2.45, 2.75) is 18.6 Å². The molecule has 0 radical (unpaired) electrons. The molecule has 0 amide bonds. The summed E-state index contributed by atoms with van der Waals surface area (Å²) in [6.07, 6.45) is -0.422. The number of hydrogen-bond acceptors (Lipinski definition) is 6. The standard InChI is InChI=1S/C21H17F3N4OS/c22-21(23,24)17-5-1-13(2-6-17)9-18(25)12-29-20-28-27-19(30-20)15-3-4-16-11-26-8-7-14(16)10-15/h1-8,10-11,18H,9,12,25H2/t18-/m0/s1. The van der Waals surface area contributed by atoms with Crippen LogP contribution in [0.3, 0.4) is 0 Å². The lowest BCUT2D eigenvalue weighted by Crippen LogP contribution is -2.30. The van der Waals surface area contributed by atoms with Crippen LogP contribution < -0.4 is 10.5 Å². The molecule has 0 spiro atoms. The number of alkyl halides is 3. The van der Waals surface area contributed by atoms with Crippen LogP contribution in [-0.4, -0.2) is 27.8 Å². The Balaban J connectivity index is 1.35. The van der Waals surface area contributed by atoms with E-state index in [2.05, 4.69) is 15.2 Å². The third-order valence-electron chi connectivity index (χ3n) is 4.49. The Labute approximate surface area is 174 Å². The van der Waals surface area contributed by atoms with E-state index >= 15 is 0 Å². The number of ether oxygens (including phenoxy) is 1. The minimum atomic E-state index is -4.35. The second-order valence-electron chi connectivity index (χ2n) is 6.78. The van der Waals surface area contributed by atoms with Crippen LogP contribution in [0.1, 0.15) is 11.1 Å². The van der Waals surface area contributed by atoms with Gasteiger partial charge >= 0.3 is 6.18 Å². The molecule has 2 N–H and O–H groups in total. The minimum absolute atomic E-state index is 0.180. The number of hydrogen-bond donors (Lipinski definition) is 1. The average molecular weight is 430 g/mol. The summed E-state index contributed by atoms with van der Waals surface area (Å²) in [6, 6.07) is 12.4. The number of nitrogens with zero attached hydrogens (tertiary/aromatic N) is 3. The first-order valence-corrected chi connectivity index (χ1v) is 9.92. The molecule has 0 aliphatic carbocycles. The maximum atomic E-state index is 12.6. The van der Waals surface area contributed by atoms with E-state index in [-0.39, 0.29) is 12.6 Å². The molecule has 0 saturated heterocycles. The molecule has 9 heteroatoms. The van der Waals surface area contributed by atoms with Crippen LogP contribution in [0.15, 0.2) is 60.9 Å². The highest BCUT2D eigenvalue weighted by atomic mass is 32.1. The fourth-order valence-electron chi connectivity index (χ4n) is 2.97. The predicted molar refractivity (Wildman–Crippen MR) is 109 cm³/mol. The molecular formula is C21H17F3N4OS. The van der Waals surface area contributed by atoms with E-state index in [0.717, 1.165) is 33.5 Å². The van der Waals surface area contributed by atoms with Crippen molar-refractivity contribution in [2.24, 2.45) is 5.73 Å². The normalized spacial score (nSPS) is 12.8. The Morgan fingerprint density at radius 1 is 1.00 bits per heavy atom. The summed E-state index contributed by atoms with van der Waals surface area (Å²) in [5, 5.41) is 11.4. The minimum Gasteiger partial charge on any atom is -0.467 e. The molecule has 0 unspecified atom stereocenters. The molecule has 2 heterocycles. The monoisotopic (exact) mass is 430 g/mol. The van der Waals surface area contributed by atoms with Crippen molar-refractivity contribution in [3.8, 4) is 15.8 Å². The van der Waals surface area contributed by atoms with Crippen molar-refractivity contribution in [3.05, 3.63) is 72.1 Å². The van der Waals surface area contributed by atoms with Crippen LogP contribution in [0, 0.1) is 0 Å². The predicted octanol–water partition coefficient (Wildman–Crippen LogP) is 4.72. The molecule has 0 bridgehead atoms. The third-order valence-corrected chi connectivity index (χ3v) is 5.38. The maximum Gasteiger partial charge on any atom is 0.416 e. The van der Waals surface area contributed by atoms with Gasteiger partial charge in [0.05, 0.1) is 5.56 Å². The molecule has 0 fully saturated rings. The zero-order valence-electron chi connectivity index (χ0n) is 15.6. The number of pyridine rings is 1. The second-order valence-corrected chi connectivity index (χ2v) is 7.72. The Kier molecular flexibility index (Phi) is 5.65. The number of aromatic nitrogens is 3. The Morgan fingerprint density at radius 3 is 2.57 bits per heavy atom. The summed E-state index contributed by atoms with van der Waals surface area (Å²) in [5.74, 6) is 0. The summed E-state index contributed by atoms with van der Waals surface area (Å²) in [7, 11) is 0. The quantitative estimate of drug-likeness (QED) is 0.479. The van der Waals surface area contributed by atoms with Gasteiger partial charge in [0.1, 0.15) is 6.61 Å². The molecule has 5 nitrogen and oxygen atoms in total. The van der Waals surface area contributed by atoms with Gasteiger partial charge in [0, 0.05) is 29.4 Å². The van der Waals surface area contributed by atoms with Crippen molar-refractivity contribution in [3.63, 3.8) is 0 Å². The van der Waals surface area contributed by atoms with Crippen LogP contribution in [0.2, 0.25) is 0 Å². The van der Waals surface area contributed by atoms with Crippen molar-refractivity contribution in [1.29, 1.82) is 0 Å². The van der Waals surface area contributed by atoms with Gasteiger partial charge in [-0.3, -0.25) is 4.98 Å². The summed E-state index contributed by atoms with van der Waals surface area (Å²) in [6.45, 7) is 0.180. The van der Waals surface area contributed by atoms with E-state index in [1.165, 1.54) is 23.5 Å². The molecule has 4 rings (SSSR count). The van der Waals surface area contributed by atoms with Crippen LogP contribution in [0.4, 0.5) is 13.2 Å². The van der Waals surface area contributed by atoms with Crippen LogP contribution in [0.5, 0.6) is 5.19 Å². The molecule has 30 heavy (non-hydrogen) atoms. The lowest BCUT2D eigenvalue weighted by atomic mass is 10.1. The van der Waals surface area contributed by atoms with E-state index < -0.39 is 11.7 Å². The van der Waals surface area contributed by atoms with Crippen molar-refractivity contribution >= 4 is 22.1 Å². The molecule has 2 aromatic heterocycles. The van der Waals surface area contributed by atoms with Gasteiger partial charge in [0.2, 0.25) is 0 Å². The highest BCUT2D eigenvalue weighted by Gasteiger charge is 2.29. The van der Waals surface area contributed by atoms with Crippen LogP contribution in [-0.2, 0) is 12.6 Å². The Morgan fingerprint density at radius 2 is 1.80 bits per heavy atom. The van der Waals surface area contributed by atoms with Crippen molar-refractivity contribution in [1.82, 2.24) is 15.2 Å². The lowest BCUT2D eigenvalue weighted by molar-refractivity contribution is -0.137. The number of rotatable bonds is 6. The number of halogens is 3. The molecule has 0 saturated carbocycles. The first-order chi connectivity index (χ1) is 14.4. The number of nitrogens with two attached hydrogens (primary N) is 1. The summed E-state index contributed by atoms with van der Waals surface area (Å²) in [5.41, 5.74) is 7.02. The molecular weight excluding hydrogens is 413 g/mol. The fraction of sp³-hybridized carbons (Fsp3) is 0.190. The number of fused-ring (bicyclic) bond motifs is 1. The first kappa shape index (κ1) is 20.2. The number of benzene rings is 2. The Bertz CT molecular complexity index is 1140. The molecule has 1 atom stereocenters. The molecule has 0 aliphatic heterocycles. The second kappa shape index (κ2) is 8.37. The first-order valence-electron chi connectivity index (χ1n) is 9.11. The molecule has 0 aliphatic rings. The van der Waals surface area contributed by atoms with Gasteiger partial charge in [-0.25, -0.2) is 0 Å². The summed E-state index contributed by atoms with van der Waals surface area (Å²) < 4.78 is 43.5. The van der Waals surface area contributed by atoms with Gasteiger partial charge in [-0.15, -0.1) is 5.10 Å². The van der Waals surface area contributed by atoms with E-state index in [1.54, 1.807) is 12.4 Å². The zero-order chi connectivity index (χ0) is 21.1. The molecule has 154 valence electrons. The Hall–Kier alpha value is -3.04. The van der Waals surface area contributed by atoms with E-state index in [4.69, 9.17) is 10.5 Å². The zero-order valence-corrected chi connectivity index (χ0v) is 16.5. The summed E-state index contributed by atoms with van der Waals surface area (Å²) in [4.78, 5) is 4.10. The topological polar surface area (TPSA) is 73.9 Å². The molecule has 2 aromatic carbocycles. The summed E-state index contributed by atoms with van der Waals surface area (Å²) >= 11 is 1.31. The van der Waals surface area contributed by atoms with Crippen LogP contribution >= 0.6 is 11.3 Å². The highest BCUT2D eigenvalue weighted by molar-refractivity contribution is 7.16. The van der Waals surface area contributed by atoms with Gasteiger partial charge in [0.15, 0.2) is 5.01 Å². The van der Waals surface area contributed by atoms with Gasteiger partial charge < -0.3 is 10.5 Å². The maximum absolute atomic E-state index is 12.6. The smallest absolute Gasteiger partial charge is 0.416 e. The van der Waals surface area contributed by atoms with Gasteiger partial charge in [-0.05, 0) is 41.6 Å². The average Bonchev–Trinajstić information content (AvgIpc) is 3.21. The van der Waals surface area contributed by atoms with Gasteiger partial charge in [-0.2, -0.15) is 13.2 Å². The van der Waals surface area contributed by atoms with Crippen LogP contribution in [0.25, 0.3) is 21.3 Å². The largest absolute Gasteiger partial charge is 0.467 e. The third kappa shape index (κ3) is 4.74. The molecule has 4 aromatic rings. The highest BCUT2D eigenvalue weighted by Crippen LogP contribution is 2.30. The van der Waals surface area contributed by atoms with Gasteiger partial charge in [-0.1, -0.05) is 40.7 Å². The van der Waals surface area contributed by atoms with Crippen molar-refractivity contribution < 1.29 is 17.9 Å². The van der Waals surface area contributed by atoms with E-state index in [1.807, 2.05) is 24.3 Å². The van der Waals surface area contributed by atoms with Gasteiger partial charge in [0.25, 0.3) is 5.19 Å². The van der Waals surface area contributed by atoms with E-state index in [9.17, 15) is 13.2 Å². The van der Waals surface area contributed by atoms with Crippen molar-refractivity contribution in [2.75, 3.05) is 6.61 Å². The van der Waals surface area contributed by atoms with E-state index in [0.29, 0.717) is 17.2 Å².